The van der Waals surface area contributed by atoms with Crippen molar-refractivity contribution in [2.45, 2.75) is 13.5 Å². The van der Waals surface area contributed by atoms with E-state index in [1.54, 1.807) is 30.5 Å². The molecule has 0 spiro atoms. The molecule has 1 aromatic carbocycles. The van der Waals surface area contributed by atoms with Gasteiger partial charge in [0.1, 0.15) is 11.9 Å². The van der Waals surface area contributed by atoms with Crippen LogP contribution in [0.4, 0.5) is 5.82 Å². The van der Waals surface area contributed by atoms with Crippen LogP contribution in [0.5, 0.6) is 0 Å². The van der Waals surface area contributed by atoms with Crippen LogP contribution in [-0.4, -0.2) is 60.9 Å². The van der Waals surface area contributed by atoms with Gasteiger partial charge in [-0.1, -0.05) is 19.3 Å². The highest BCUT2D eigenvalue weighted by Gasteiger charge is 2.19. The lowest BCUT2D eigenvalue weighted by Gasteiger charge is -2.27. The molecule has 1 saturated heterocycles. The van der Waals surface area contributed by atoms with Crippen molar-refractivity contribution in [2.24, 2.45) is 5.73 Å². The van der Waals surface area contributed by atoms with Crippen molar-refractivity contribution in [1.29, 1.82) is 0 Å². The second-order valence-electron chi connectivity index (χ2n) is 6.57. The van der Waals surface area contributed by atoms with Crippen molar-refractivity contribution >= 4 is 17.6 Å². The number of hydroxylamine groups is 1. The standard InChI is InChI=1S/C21H23N5O4.CH4/c22-13-18(21(28)25-29)24-20(27)17-6-3-15(4-7-17)1-2-16-5-8-19(23-14-16)26-9-11-30-12-10-26;/h3-8,14,18,29H,9-13,22H2,(H,24,27)(H,25,28);1H4/t18-;/m0./s1. The molecule has 0 bridgehead atoms. The van der Waals surface area contributed by atoms with Crippen LogP contribution in [0.15, 0.2) is 42.6 Å². The summed E-state index contributed by atoms with van der Waals surface area (Å²) in [6.07, 6.45) is 1.73. The van der Waals surface area contributed by atoms with Gasteiger partial charge in [0.15, 0.2) is 0 Å². The summed E-state index contributed by atoms with van der Waals surface area (Å²) >= 11 is 0. The number of benzene rings is 1. The summed E-state index contributed by atoms with van der Waals surface area (Å²) in [6.45, 7) is 2.93. The van der Waals surface area contributed by atoms with Crippen molar-refractivity contribution in [3.05, 3.63) is 59.3 Å². The van der Waals surface area contributed by atoms with Crippen LogP contribution in [0.2, 0.25) is 0 Å². The number of pyridine rings is 1. The first-order valence-electron chi connectivity index (χ1n) is 9.46. The highest BCUT2D eigenvalue weighted by molar-refractivity contribution is 5.97. The fraction of sp³-hybridized carbons (Fsp3) is 0.318. The summed E-state index contributed by atoms with van der Waals surface area (Å²) in [5, 5.41) is 11.1. The highest BCUT2D eigenvalue weighted by Crippen LogP contribution is 2.12. The first-order valence-corrected chi connectivity index (χ1v) is 9.46. The number of carbonyl (C=O) groups excluding carboxylic acids is 2. The SMILES string of the molecule is C.NC[C@H](NC(=O)c1ccc(C#Cc2ccc(N3CCOCC3)nc2)cc1)C(=O)NO. The van der Waals surface area contributed by atoms with Gasteiger partial charge in [0, 0.05) is 42.5 Å². The molecule has 1 fully saturated rings. The highest BCUT2D eigenvalue weighted by atomic mass is 16.5. The maximum atomic E-state index is 12.2. The van der Waals surface area contributed by atoms with Crippen LogP contribution in [0.3, 0.4) is 0 Å². The van der Waals surface area contributed by atoms with E-state index in [-0.39, 0.29) is 14.0 Å². The molecule has 0 radical (unpaired) electrons. The monoisotopic (exact) mass is 425 g/mol. The smallest absolute Gasteiger partial charge is 0.267 e. The largest absolute Gasteiger partial charge is 0.378 e. The van der Waals surface area contributed by atoms with Crippen molar-refractivity contribution in [3.8, 4) is 11.8 Å². The van der Waals surface area contributed by atoms with Gasteiger partial charge in [0.05, 0.1) is 13.2 Å². The van der Waals surface area contributed by atoms with Crippen LogP contribution in [0.1, 0.15) is 28.9 Å². The Bertz CT molecular complexity index is 929. The van der Waals surface area contributed by atoms with Crippen LogP contribution in [0.25, 0.3) is 0 Å². The van der Waals surface area contributed by atoms with Gasteiger partial charge in [-0.05, 0) is 36.4 Å². The lowest BCUT2D eigenvalue weighted by molar-refractivity contribution is -0.130. The van der Waals surface area contributed by atoms with Gasteiger partial charge in [-0.25, -0.2) is 10.5 Å². The third-order valence-corrected chi connectivity index (χ3v) is 4.55. The predicted octanol–water partition coefficient (Wildman–Crippen LogP) is 0.517. The fourth-order valence-corrected chi connectivity index (χ4v) is 2.84. The lowest BCUT2D eigenvalue weighted by atomic mass is 10.1. The summed E-state index contributed by atoms with van der Waals surface area (Å²) in [7, 11) is 0. The van der Waals surface area contributed by atoms with Gasteiger partial charge in [-0.15, -0.1) is 0 Å². The van der Waals surface area contributed by atoms with Crippen molar-refractivity contribution in [3.63, 3.8) is 0 Å². The summed E-state index contributed by atoms with van der Waals surface area (Å²) in [5.41, 5.74) is 8.76. The minimum atomic E-state index is -1.02. The lowest BCUT2D eigenvalue weighted by Crippen LogP contribution is -2.50. The summed E-state index contributed by atoms with van der Waals surface area (Å²) in [5.74, 6) is 5.74. The van der Waals surface area contributed by atoms with Crippen molar-refractivity contribution in [2.75, 3.05) is 37.7 Å². The predicted molar refractivity (Wildman–Crippen MR) is 117 cm³/mol. The normalized spacial score (nSPS) is 13.8. The molecular formula is C22H27N5O4. The van der Waals surface area contributed by atoms with Gasteiger partial charge >= 0.3 is 0 Å². The number of hydrogen-bond donors (Lipinski definition) is 4. The first-order chi connectivity index (χ1) is 14.6. The number of nitrogens with one attached hydrogen (secondary N) is 2. The van der Waals surface area contributed by atoms with E-state index >= 15 is 0 Å². The van der Waals surface area contributed by atoms with Gasteiger partial charge in [0.2, 0.25) is 0 Å². The molecule has 1 aliphatic rings. The zero-order valence-corrected chi connectivity index (χ0v) is 16.3. The number of aromatic nitrogens is 1. The number of amides is 2. The number of ether oxygens (including phenoxy) is 1. The average Bonchev–Trinajstić information content (AvgIpc) is 2.81. The molecule has 2 heterocycles. The van der Waals surface area contributed by atoms with E-state index < -0.39 is 17.9 Å². The summed E-state index contributed by atoms with van der Waals surface area (Å²) in [6, 6.07) is 9.47. The number of hydrogen-bond acceptors (Lipinski definition) is 7. The molecule has 3 rings (SSSR count). The number of nitrogens with two attached hydrogens (primary N) is 1. The van der Waals surface area contributed by atoms with Gasteiger partial charge < -0.3 is 20.7 Å². The zero-order valence-electron chi connectivity index (χ0n) is 16.3. The van der Waals surface area contributed by atoms with Crippen molar-refractivity contribution in [1.82, 2.24) is 15.8 Å². The molecule has 0 saturated carbocycles. The molecule has 2 amide bonds. The molecule has 2 aromatic rings. The van der Waals surface area contributed by atoms with E-state index in [0.717, 1.165) is 30.0 Å². The molecule has 0 unspecified atom stereocenters. The van der Waals surface area contributed by atoms with Crippen LogP contribution in [-0.2, 0) is 9.53 Å². The third kappa shape index (κ3) is 6.52. The maximum absolute atomic E-state index is 12.2. The minimum Gasteiger partial charge on any atom is -0.378 e. The molecule has 31 heavy (non-hydrogen) atoms. The van der Waals surface area contributed by atoms with Crippen LogP contribution >= 0.6 is 0 Å². The Morgan fingerprint density at radius 3 is 2.35 bits per heavy atom. The second-order valence-corrected chi connectivity index (χ2v) is 6.57. The number of morpholine rings is 1. The molecule has 1 aliphatic heterocycles. The quantitative estimate of drug-likeness (QED) is 0.312. The second kappa shape index (κ2) is 11.7. The number of rotatable bonds is 5. The van der Waals surface area contributed by atoms with Crippen molar-refractivity contribution < 1.29 is 19.5 Å². The Kier molecular flexibility index (Phi) is 8.96. The summed E-state index contributed by atoms with van der Waals surface area (Å²) in [4.78, 5) is 30.2. The Labute approximate surface area is 181 Å². The van der Waals surface area contributed by atoms with E-state index in [9.17, 15) is 9.59 Å². The Morgan fingerprint density at radius 1 is 1.13 bits per heavy atom. The minimum absolute atomic E-state index is 0. The van der Waals surface area contributed by atoms with Gasteiger partial charge in [-0.3, -0.25) is 14.8 Å². The maximum Gasteiger partial charge on any atom is 0.267 e. The fourth-order valence-electron chi connectivity index (χ4n) is 2.84. The molecular weight excluding hydrogens is 398 g/mol. The van der Waals surface area contributed by atoms with E-state index in [2.05, 4.69) is 27.0 Å². The van der Waals surface area contributed by atoms with Crippen LogP contribution < -0.4 is 21.4 Å². The molecule has 1 atom stereocenters. The van der Waals surface area contributed by atoms with E-state index in [1.807, 2.05) is 12.1 Å². The molecule has 0 aliphatic carbocycles. The molecule has 9 heteroatoms. The number of nitrogens with zero attached hydrogens (tertiary/aromatic N) is 2. The Hall–Kier alpha value is -3.45. The molecule has 5 N–H and O–H groups in total. The van der Waals surface area contributed by atoms with E-state index in [0.29, 0.717) is 18.8 Å². The zero-order chi connectivity index (χ0) is 21.3. The van der Waals surface area contributed by atoms with Crippen LogP contribution in [0, 0.1) is 11.8 Å². The molecule has 1 aromatic heterocycles. The topological polar surface area (TPSA) is 130 Å². The average molecular weight is 425 g/mol. The van der Waals surface area contributed by atoms with Gasteiger partial charge in [-0.2, -0.15) is 0 Å². The molecule has 9 nitrogen and oxygen atoms in total. The number of anilines is 1. The van der Waals surface area contributed by atoms with E-state index in [1.165, 1.54) is 5.48 Å². The summed E-state index contributed by atoms with van der Waals surface area (Å²) < 4.78 is 5.35. The first kappa shape index (κ1) is 23.8. The third-order valence-electron chi connectivity index (χ3n) is 4.55. The van der Waals surface area contributed by atoms with Gasteiger partial charge in [0.25, 0.3) is 11.8 Å². The molecule has 164 valence electrons. The van der Waals surface area contributed by atoms with E-state index in [4.69, 9.17) is 15.7 Å². The Morgan fingerprint density at radius 2 is 1.77 bits per heavy atom. The number of carbonyl (C=O) groups is 2. The Balaban J connectivity index is 0.00000341.